The van der Waals surface area contributed by atoms with E-state index in [2.05, 4.69) is 29.4 Å². The van der Waals surface area contributed by atoms with Crippen molar-refractivity contribution < 1.29 is 4.79 Å². The molecule has 0 radical (unpaired) electrons. The van der Waals surface area contributed by atoms with Crippen molar-refractivity contribution in [3.8, 4) is 0 Å². The minimum absolute atomic E-state index is 0.100. The number of nitrogens with one attached hydrogen (secondary N) is 2. The summed E-state index contributed by atoms with van der Waals surface area (Å²) in [5.41, 5.74) is 0. The van der Waals surface area contributed by atoms with Crippen LogP contribution in [-0.2, 0) is 4.79 Å². The van der Waals surface area contributed by atoms with Crippen molar-refractivity contribution in [1.82, 2.24) is 15.5 Å². The number of amides is 1. The summed E-state index contributed by atoms with van der Waals surface area (Å²) in [4.78, 5) is 14.3. The number of likely N-dealkylation sites (N-methyl/N-ethyl adjacent to an activating group) is 1. The second kappa shape index (κ2) is 7.74. The molecule has 0 bridgehead atoms. The fourth-order valence-electron chi connectivity index (χ4n) is 2.03. The number of carbonyl (C=O) groups excluding carboxylic acids is 1. The molecule has 0 heterocycles. The topological polar surface area (TPSA) is 44.4 Å². The molecular formula is C14H29N3O. The van der Waals surface area contributed by atoms with Crippen LogP contribution in [0.15, 0.2) is 0 Å². The zero-order valence-electron chi connectivity index (χ0n) is 12.3. The molecule has 0 aliphatic heterocycles. The molecule has 0 aromatic rings. The summed E-state index contributed by atoms with van der Waals surface area (Å²) in [5.74, 6) is 0.110. The average Bonchev–Trinajstić information content (AvgIpc) is 3.18. The molecule has 1 saturated carbocycles. The zero-order chi connectivity index (χ0) is 13.5. The molecule has 0 spiro atoms. The Morgan fingerprint density at radius 2 is 2.00 bits per heavy atom. The van der Waals surface area contributed by atoms with Crippen LogP contribution in [0.5, 0.6) is 0 Å². The van der Waals surface area contributed by atoms with E-state index in [-0.39, 0.29) is 18.0 Å². The Morgan fingerprint density at radius 1 is 1.33 bits per heavy atom. The van der Waals surface area contributed by atoms with Gasteiger partial charge in [0.25, 0.3) is 0 Å². The highest BCUT2D eigenvalue weighted by molar-refractivity contribution is 5.81. The van der Waals surface area contributed by atoms with E-state index in [4.69, 9.17) is 0 Å². The molecule has 1 aliphatic rings. The Kier molecular flexibility index (Phi) is 6.65. The van der Waals surface area contributed by atoms with Crippen LogP contribution in [0, 0.1) is 0 Å². The Labute approximate surface area is 111 Å². The van der Waals surface area contributed by atoms with Crippen LogP contribution in [-0.4, -0.2) is 48.6 Å². The Morgan fingerprint density at radius 3 is 2.50 bits per heavy atom. The standard InChI is InChI=1S/C14H29N3O/c1-5-11(3)16-14(18)12(4)15-9-10-17(6-2)13-7-8-13/h11-13,15H,5-10H2,1-4H3,(H,16,18). The number of rotatable bonds is 9. The first-order chi connectivity index (χ1) is 8.58. The van der Waals surface area contributed by atoms with Gasteiger partial charge in [0.05, 0.1) is 6.04 Å². The lowest BCUT2D eigenvalue weighted by Crippen LogP contribution is -2.47. The Hall–Kier alpha value is -0.610. The van der Waals surface area contributed by atoms with Gasteiger partial charge < -0.3 is 10.6 Å². The molecule has 0 saturated heterocycles. The van der Waals surface area contributed by atoms with Gasteiger partial charge in [0, 0.05) is 25.2 Å². The molecule has 1 amide bonds. The molecule has 106 valence electrons. The van der Waals surface area contributed by atoms with Crippen LogP contribution in [0.3, 0.4) is 0 Å². The molecule has 18 heavy (non-hydrogen) atoms. The van der Waals surface area contributed by atoms with E-state index in [0.29, 0.717) is 0 Å². The van der Waals surface area contributed by atoms with Gasteiger partial charge in [0.2, 0.25) is 5.91 Å². The summed E-state index contributed by atoms with van der Waals surface area (Å²) in [7, 11) is 0. The lowest BCUT2D eigenvalue weighted by Gasteiger charge is -2.22. The molecule has 1 fully saturated rings. The molecule has 2 atom stereocenters. The van der Waals surface area contributed by atoms with E-state index >= 15 is 0 Å². The largest absolute Gasteiger partial charge is 0.352 e. The molecule has 4 heteroatoms. The lowest BCUT2D eigenvalue weighted by molar-refractivity contribution is -0.123. The van der Waals surface area contributed by atoms with E-state index in [1.165, 1.54) is 12.8 Å². The first kappa shape index (κ1) is 15.4. The van der Waals surface area contributed by atoms with Gasteiger partial charge in [-0.3, -0.25) is 9.69 Å². The third kappa shape index (κ3) is 5.36. The number of nitrogens with zero attached hydrogens (tertiary/aromatic N) is 1. The predicted molar refractivity (Wildman–Crippen MR) is 75.6 cm³/mol. The number of carbonyl (C=O) groups is 1. The maximum atomic E-state index is 11.8. The lowest BCUT2D eigenvalue weighted by atomic mass is 10.2. The van der Waals surface area contributed by atoms with Gasteiger partial charge in [-0.05, 0) is 39.7 Å². The molecular weight excluding hydrogens is 226 g/mol. The van der Waals surface area contributed by atoms with Gasteiger partial charge >= 0.3 is 0 Å². The van der Waals surface area contributed by atoms with Crippen LogP contribution in [0.2, 0.25) is 0 Å². The molecule has 0 aromatic heterocycles. The minimum Gasteiger partial charge on any atom is -0.352 e. The van der Waals surface area contributed by atoms with Gasteiger partial charge in [0.1, 0.15) is 0 Å². The quantitative estimate of drug-likeness (QED) is 0.654. The van der Waals surface area contributed by atoms with Gasteiger partial charge in [-0.15, -0.1) is 0 Å². The highest BCUT2D eigenvalue weighted by atomic mass is 16.2. The van der Waals surface area contributed by atoms with Crippen LogP contribution < -0.4 is 10.6 Å². The SMILES string of the molecule is CCC(C)NC(=O)C(C)NCCN(CC)C1CC1. The van der Waals surface area contributed by atoms with Gasteiger partial charge in [-0.1, -0.05) is 13.8 Å². The van der Waals surface area contributed by atoms with Crippen molar-refractivity contribution in [1.29, 1.82) is 0 Å². The van der Waals surface area contributed by atoms with E-state index in [1.54, 1.807) is 0 Å². The average molecular weight is 255 g/mol. The van der Waals surface area contributed by atoms with Crippen molar-refractivity contribution in [2.75, 3.05) is 19.6 Å². The molecule has 2 N–H and O–H groups in total. The van der Waals surface area contributed by atoms with Crippen molar-refractivity contribution in [2.24, 2.45) is 0 Å². The van der Waals surface area contributed by atoms with Crippen molar-refractivity contribution in [2.45, 2.75) is 65.1 Å². The third-order valence-corrected chi connectivity index (χ3v) is 3.71. The van der Waals surface area contributed by atoms with Gasteiger partial charge in [-0.25, -0.2) is 0 Å². The second-order valence-corrected chi connectivity index (χ2v) is 5.35. The van der Waals surface area contributed by atoms with E-state index < -0.39 is 0 Å². The van der Waals surface area contributed by atoms with Crippen LogP contribution >= 0.6 is 0 Å². The van der Waals surface area contributed by atoms with E-state index in [0.717, 1.165) is 32.1 Å². The highest BCUT2D eigenvalue weighted by Gasteiger charge is 2.27. The predicted octanol–water partition coefficient (Wildman–Crippen LogP) is 1.36. The fraction of sp³-hybridized carbons (Fsp3) is 0.929. The Bertz CT molecular complexity index is 253. The summed E-state index contributed by atoms with van der Waals surface area (Å²) in [6, 6.07) is 0.971. The maximum absolute atomic E-state index is 11.8. The van der Waals surface area contributed by atoms with Crippen LogP contribution in [0.4, 0.5) is 0 Å². The summed E-state index contributed by atoms with van der Waals surface area (Å²) in [6.45, 7) is 11.3. The number of hydrogen-bond donors (Lipinski definition) is 2. The molecule has 2 unspecified atom stereocenters. The smallest absolute Gasteiger partial charge is 0.237 e. The Balaban J connectivity index is 2.15. The molecule has 0 aromatic carbocycles. The van der Waals surface area contributed by atoms with Crippen molar-refractivity contribution in [3.05, 3.63) is 0 Å². The van der Waals surface area contributed by atoms with E-state index in [1.807, 2.05) is 13.8 Å². The monoisotopic (exact) mass is 255 g/mol. The summed E-state index contributed by atoms with van der Waals surface area (Å²) in [5, 5.41) is 6.31. The molecule has 1 aliphatic carbocycles. The van der Waals surface area contributed by atoms with Crippen LogP contribution in [0.25, 0.3) is 0 Å². The number of hydrogen-bond acceptors (Lipinski definition) is 3. The molecule has 4 nitrogen and oxygen atoms in total. The highest BCUT2D eigenvalue weighted by Crippen LogP contribution is 2.25. The van der Waals surface area contributed by atoms with E-state index in [9.17, 15) is 4.79 Å². The zero-order valence-corrected chi connectivity index (χ0v) is 12.3. The van der Waals surface area contributed by atoms with Crippen LogP contribution in [0.1, 0.15) is 47.0 Å². The second-order valence-electron chi connectivity index (χ2n) is 5.35. The summed E-state index contributed by atoms with van der Waals surface area (Å²) in [6.07, 6.45) is 3.67. The van der Waals surface area contributed by atoms with Crippen molar-refractivity contribution in [3.63, 3.8) is 0 Å². The normalized spacial score (nSPS) is 18.7. The summed E-state index contributed by atoms with van der Waals surface area (Å²) >= 11 is 0. The molecule has 1 rings (SSSR count). The van der Waals surface area contributed by atoms with Gasteiger partial charge in [0.15, 0.2) is 0 Å². The first-order valence-corrected chi connectivity index (χ1v) is 7.36. The van der Waals surface area contributed by atoms with Gasteiger partial charge in [-0.2, -0.15) is 0 Å². The third-order valence-electron chi connectivity index (χ3n) is 3.71. The summed E-state index contributed by atoms with van der Waals surface area (Å²) < 4.78 is 0. The minimum atomic E-state index is -0.100. The fourth-order valence-corrected chi connectivity index (χ4v) is 2.03. The first-order valence-electron chi connectivity index (χ1n) is 7.36. The van der Waals surface area contributed by atoms with Crippen molar-refractivity contribution >= 4 is 5.91 Å². The maximum Gasteiger partial charge on any atom is 0.237 e.